The zero-order chi connectivity index (χ0) is 16.0. The lowest BCUT2D eigenvalue weighted by Crippen LogP contribution is -2.41. The fraction of sp³-hybridized carbons (Fsp3) is 0.353. The lowest BCUT2D eigenvalue weighted by molar-refractivity contribution is 0.00578. The number of rotatable bonds is 2. The van der Waals surface area contributed by atoms with Crippen LogP contribution in [0.4, 0.5) is 0 Å². The minimum Gasteiger partial charge on any atom is -0.399 e. The van der Waals surface area contributed by atoms with Gasteiger partial charge in [-0.25, -0.2) is 0 Å². The van der Waals surface area contributed by atoms with E-state index in [2.05, 4.69) is 38.7 Å². The summed E-state index contributed by atoms with van der Waals surface area (Å²) in [6.07, 6.45) is 1.65. The normalized spacial score (nSPS) is 19.4. The maximum absolute atomic E-state index is 6.10. The molecule has 0 N–H and O–H groups in total. The number of pyridine rings is 1. The molecule has 0 spiro atoms. The average Bonchev–Trinajstić information content (AvgIpc) is 2.68. The molecule has 3 nitrogen and oxygen atoms in total. The summed E-state index contributed by atoms with van der Waals surface area (Å²) in [5.74, 6) is 0. The van der Waals surface area contributed by atoms with Gasteiger partial charge in [-0.05, 0) is 50.9 Å². The van der Waals surface area contributed by atoms with Crippen LogP contribution in [0.3, 0.4) is 0 Å². The summed E-state index contributed by atoms with van der Waals surface area (Å²) in [4.78, 5) is 4.36. The summed E-state index contributed by atoms with van der Waals surface area (Å²) in [5, 5.41) is 0.630. The first-order valence-corrected chi connectivity index (χ1v) is 7.74. The molecule has 0 atom stereocenters. The Morgan fingerprint density at radius 2 is 1.68 bits per heavy atom. The molecule has 22 heavy (non-hydrogen) atoms. The second-order valence-corrected chi connectivity index (χ2v) is 7.01. The van der Waals surface area contributed by atoms with Gasteiger partial charge in [-0.2, -0.15) is 0 Å². The first-order chi connectivity index (χ1) is 10.3. The molecular formula is C17H19BClNO2. The lowest BCUT2D eigenvalue weighted by atomic mass is 9.78. The molecule has 0 aliphatic carbocycles. The van der Waals surface area contributed by atoms with Crippen molar-refractivity contribution in [3.8, 4) is 11.3 Å². The molecule has 0 unspecified atom stereocenters. The molecule has 1 aromatic carbocycles. The van der Waals surface area contributed by atoms with Crippen LogP contribution in [0.5, 0.6) is 0 Å². The molecule has 5 heteroatoms. The Labute approximate surface area is 136 Å². The first kappa shape index (κ1) is 15.5. The van der Waals surface area contributed by atoms with Gasteiger partial charge in [-0.1, -0.05) is 35.9 Å². The average molecular weight is 316 g/mol. The SMILES string of the molecule is CC1(C)OB(c2cccc(-c3ccc(Cl)cn3)c2)OC1(C)C. The Bertz CT molecular complexity index is 669. The van der Waals surface area contributed by atoms with Crippen LogP contribution in [-0.2, 0) is 9.31 Å². The van der Waals surface area contributed by atoms with Crippen molar-refractivity contribution in [3.63, 3.8) is 0 Å². The van der Waals surface area contributed by atoms with Crippen molar-refractivity contribution in [2.75, 3.05) is 0 Å². The van der Waals surface area contributed by atoms with E-state index in [-0.39, 0.29) is 18.3 Å². The number of benzene rings is 1. The van der Waals surface area contributed by atoms with E-state index < -0.39 is 0 Å². The Morgan fingerprint density at radius 1 is 1.00 bits per heavy atom. The van der Waals surface area contributed by atoms with Gasteiger partial charge in [-0.3, -0.25) is 4.98 Å². The Balaban J connectivity index is 1.91. The highest BCUT2D eigenvalue weighted by Gasteiger charge is 2.51. The van der Waals surface area contributed by atoms with Crippen LogP contribution >= 0.6 is 11.6 Å². The van der Waals surface area contributed by atoms with Crippen molar-refractivity contribution in [2.24, 2.45) is 0 Å². The van der Waals surface area contributed by atoms with Gasteiger partial charge in [-0.15, -0.1) is 0 Å². The molecule has 1 aliphatic rings. The first-order valence-electron chi connectivity index (χ1n) is 7.36. The molecule has 1 aliphatic heterocycles. The molecule has 0 amide bonds. The van der Waals surface area contributed by atoms with E-state index in [0.717, 1.165) is 16.7 Å². The fourth-order valence-corrected chi connectivity index (χ4v) is 2.48. The van der Waals surface area contributed by atoms with E-state index >= 15 is 0 Å². The second-order valence-electron chi connectivity index (χ2n) is 6.58. The predicted molar refractivity (Wildman–Crippen MR) is 90.4 cm³/mol. The van der Waals surface area contributed by atoms with Crippen LogP contribution in [0.25, 0.3) is 11.3 Å². The standard InChI is InChI=1S/C17H19BClNO2/c1-16(2)17(3,4)22-18(21-16)13-7-5-6-12(10-13)15-9-8-14(19)11-20-15/h5-11H,1-4H3. The van der Waals surface area contributed by atoms with Crippen molar-refractivity contribution in [3.05, 3.63) is 47.6 Å². The van der Waals surface area contributed by atoms with Crippen LogP contribution in [0.1, 0.15) is 27.7 Å². The van der Waals surface area contributed by atoms with Gasteiger partial charge in [0.15, 0.2) is 0 Å². The number of hydrogen-bond donors (Lipinski definition) is 0. The Kier molecular flexibility index (Phi) is 3.80. The van der Waals surface area contributed by atoms with E-state index in [1.54, 1.807) is 6.20 Å². The van der Waals surface area contributed by atoms with Gasteiger partial charge in [0.2, 0.25) is 0 Å². The van der Waals surface area contributed by atoms with Crippen molar-refractivity contribution in [2.45, 2.75) is 38.9 Å². The van der Waals surface area contributed by atoms with Gasteiger partial charge < -0.3 is 9.31 Å². The van der Waals surface area contributed by atoms with E-state index in [0.29, 0.717) is 5.02 Å². The number of nitrogens with zero attached hydrogens (tertiary/aromatic N) is 1. The largest absolute Gasteiger partial charge is 0.494 e. The summed E-state index contributed by atoms with van der Waals surface area (Å²) in [6.45, 7) is 8.21. The summed E-state index contributed by atoms with van der Waals surface area (Å²) >= 11 is 5.89. The van der Waals surface area contributed by atoms with Crippen molar-refractivity contribution < 1.29 is 9.31 Å². The molecule has 2 heterocycles. The third-order valence-corrected chi connectivity index (χ3v) is 4.66. The van der Waals surface area contributed by atoms with Gasteiger partial charge in [0.05, 0.1) is 21.9 Å². The quantitative estimate of drug-likeness (QED) is 0.792. The molecule has 0 saturated carbocycles. The summed E-state index contributed by atoms with van der Waals surface area (Å²) in [7, 11) is -0.364. The minimum atomic E-state index is -0.364. The van der Waals surface area contributed by atoms with Crippen LogP contribution in [-0.4, -0.2) is 23.3 Å². The molecule has 0 bridgehead atoms. The fourth-order valence-electron chi connectivity index (χ4n) is 2.37. The van der Waals surface area contributed by atoms with Crippen molar-refractivity contribution in [1.82, 2.24) is 4.98 Å². The molecule has 1 saturated heterocycles. The zero-order valence-electron chi connectivity index (χ0n) is 13.3. The van der Waals surface area contributed by atoms with E-state index in [9.17, 15) is 0 Å². The summed E-state index contributed by atoms with van der Waals surface area (Å²) in [6, 6.07) is 11.8. The molecule has 0 radical (unpaired) electrons. The molecule has 2 aromatic rings. The number of halogens is 1. The maximum atomic E-state index is 6.10. The zero-order valence-corrected chi connectivity index (χ0v) is 14.0. The molecule has 3 rings (SSSR count). The van der Waals surface area contributed by atoms with Crippen LogP contribution in [0.2, 0.25) is 5.02 Å². The third-order valence-electron chi connectivity index (χ3n) is 4.44. The monoisotopic (exact) mass is 315 g/mol. The topological polar surface area (TPSA) is 31.4 Å². The van der Waals surface area contributed by atoms with E-state index in [4.69, 9.17) is 20.9 Å². The highest BCUT2D eigenvalue weighted by molar-refractivity contribution is 6.62. The molecule has 114 valence electrons. The highest BCUT2D eigenvalue weighted by Crippen LogP contribution is 2.36. The van der Waals surface area contributed by atoms with Crippen LogP contribution in [0, 0.1) is 0 Å². The molecule has 1 aromatic heterocycles. The highest BCUT2D eigenvalue weighted by atomic mass is 35.5. The van der Waals surface area contributed by atoms with Gasteiger partial charge in [0, 0.05) is 6.20 Å². The Morgan fingerprint density at radius 3 is 2.27 bits per heavy atom. The van der Waals surface area contributed by atoms with Crippen molar-refractivity contribution in [1.29, 1.82) is 0 Å². The Hall–Kier alpha value is -1.36. The maximum Gasteiger partial charge on any atom is 0.494 e. The second kappa shape index (κ2) is 5.37. The predicted octanol–water partition coefficient (Wildman–Crippen LogP) is 3.70. The smallest absolute Gasteiger partial charge is 0.399 e. The lowest BCUT2D eigenvalue weighted by Gasteiger charge is -2.32. The minimum absolute atomic E-state index is 0.341. The van der Waals surface area contributed by atoms with E-state index in [1.165, 1.54) is 0 Å². The van der Waals surface area contributed by atoms with Crippen LogP contribution < -0.4 is 5.46 Å². The third kappa shape index (κ3) is 2.79. The van der Waals surface area contributed by atoms with Crippen molar-refractivity contribution >= 4 is 24.2 Å². The molecule has 1 fully saturated rings. The summed E-state index contributed by atoms with van der Waals surface area (Å²) in [5.41, 5.74) is 2.21. The van der Waals surface area contributed by atoms with Gasteiger partial charge in [0.25, 0.3) is 0 Å². The number of hydrogen-bond acceptors (Lipinski definition) is 3. The van der Waals surface area contributed by atoms with Gasteiger partial charge >= 0.3 is 7.12 Å². The summed E-state index contributed by atoms with van der Waals surface area (Å²) < 4.78 is 12.2. The van der Waals surface area contributed by atoms with E-state index in [1.807, 2.05) is 30.3 Å². The molecular weight excluding hydrogens is 296 g/mol. The van der Waals surface area contributed by atoms with Gasteiger partial charge in [0.1, 0.15) is 0 Å². The number of aromatic nitrogens is 1. The van der Waals surface area contributed by atoms with Crippen LogP contribution in [0.15, 0.2) is 42.6 Å².